The second-order valence-corrected chi connectivity index (χ2v) is 17.5. The van der Waals surface area contributed by atoms with Gasteiger partial charge in [0.2, 0.25) is 0 Å². The number of halogens is 4. The summed E-state index contributed by atoms with van der Waals surface area (Å²) in [7, 11) is 0. The quantitative estimate of drug-likeness (QED) is 0.136. The second-order valence-electron chi connectivity index (χ2n) is 16.6. The average molecular weight is 876 g/mol. The topological polar surface area (TPSA) is 0 Å². The van der Waals surface area contributed by atoms with E-state index >= 15 is 0 Å². The first-order valence-corrected chi connectivity index (χ1v) is 20.4. The fourth-order valence-corrected chi connectivity index (χ4v) is 7.30. The van der Waals surface area contributed by atoms with Gasteiger partial charge in [-0.05, 0) is 62.3 Å². The molecule has 0 aliphatic heterocycles. The van der Waals surface area contributed by atoms with Gasteiger partial charge in [0.05, 0.1) is 0 Å². The van der Waals surface area contributed by atoms with Gasteiger partial charge in [0, 0.05) is 5.41 Å². The molecule has 0 nitrogen and oxygen atoms in total. The van der Waals surface area contributed by atoms with Gasteiger partial charge in [0.25, 0.3) is 0 Å². The molecule has 4 aliphatic carbocycles. The van der Waals surface area contributed by atoms with Gasteiger partial charge in [0.1, 0.15) is 0 Å². The van der Waals surface area contributed by atoms with Gasteiger partial charge < -0.3 is 0 Å². The molecule has 0 N–H and O–H groups in total. The molecule has 0 radical (unpaired) electrons. The Hall–Kier alpha value is -2.25. The summed E-state index contributed by atoms with van der Waals surface area (Å²) in [4.78, 5) is 0. The van der Waals surface area contributed by atoms with E-state index in [1.165, 1.54) is 79.9 Å². The summed E-state index contributed by atoms with van der Waals surface area (Å²) in [6.45, 7) is 23.3. The van der Waals surface area contributed by atoms with E-state index < -0.39 is 0 Å². The molecule has 0 heterocycles. The fourth-order valence-electron chi connectivity index (χ4n) is 7.03. The molecule has 4 aliphatic rings. The Labute approximate surface area is 364 Å². The van der Waals surface area contributed by atoms with Gasteiger partial charge in [-0.15, -0.1) is 42.9 Å². The van der Waals surface area contributed by atoms with E-state index in [2.05, 4.69) is 134 Å². The van der Waals surface area contributed by atoms with Crippen molar-refractivity contribution >= 4 is 63.4 Å². The zero-order valence-corrected chi connectivity index (χ0v) is 39.0. The molecule has 4 aromatic carbocycles. The molecule has 8 rings (SSSR count). The molecule has 0 fully saturated rings. The molecule has 286 valence electrons. The second kappa shape index (κ2) is 19.8. The third kappa shape index (κ3) is 11.6. The van der Waals surface area contributed by atoms with Crippen molar-refractivity contribution in [1.82, 2.24) is 0 Å². The first kappa shape index (κ1) is 47.9. The first-order valence-electron chi connectivity index (χ1n) is 17.9. The van der Waals surface area contributed by atoms with Crippen molar-refractivity contribution in [3.05, 3.63) is 165 Å². The zero-order valence-electron chi connectivity index (χ0n) is 33.4. The van der Waals surface area contributed by atoms with Crippen LogP contribution >= 0.6 is 48.0 Å². The van der Waals surface area contributed by atoms with Crippen molar-refractivity contribution in [1.29, 1.82) is 0 Å². The summed E-state index contributed by atoms with van der Waals surface area (Å²) in [6, 6.07) is 30.1. The Kier molecular flexibility index (Phi) is 17.5. The van der Waals surface area contributed by atoms with Gasteiger partial charge in [0.15, 0.2) is 0 Å². The molecule has 0 aromatic heterocycles. The van der Waals surface area contributed by atoms with Crippen LogP contribution in [0.4, 0.5) is 0 Å². The van der Waals surface area contributed by atoms with Crippen LogP contribution in [0.25, 0.3) is 22.3 Å². The van der Waals surface area contributed by atoms with Gasteiger partial charge in [-0.1, -0.05) is 103 Å². The number of hydrogen-bond acceptors (Lipinski definition) is 0. The molecule has 0 bridgehead atoms. The van der Waals surface area contributed by atoms with Crippen LogP contribution in [-0.4, -0.2) is 4.21 Å². The molecule has 0 spiro atoms. The number of fused-ring (bicyclic) bond motifs is 5. The monoisotopic (exact) mass is 872 g/mol. The minimum absolute atomic E-state index is 0. The third-order valence-electron chi connectivity index (χ3n) is 9.51. The Morgan fingerprint density at radius 3 is 1.59 bits per heavy atom. The van der Waals surface area contributed by atoms with Crippen molar-refractivity contribution in [3.63, 3.8) is 0 Å². The number of allylic oxidation sites excluding steroid dienone is 8. The number of hydrogen-bond donors (Lipinski definition) is 0. The van der Waals surface area contributed by atoms with E-state index in [-0.39, 0.29) is 46.5 Å². The molecule has 0 atom stereocenters. The van der Waals surface area contributed by atoms with Crippen LogP contribution in [0.1, 0.15) is 109 Å². The van der Waals surface area contributed by atoms with Gasteiger partial charge >= 0.3 is 28.4 Å². The SMILES string of the molecule is CC(C)(C)C1=[C-]C(C)(C)c2cc3c(cc21)-c1cc2c(cc1C3)C(C)(C)C=C2C(C)(C)C.Cl.Cl.Clc1c[c-]ccc1.Clc1c[c-]ccc1.[C-]1=CC=CC1.[CH2]=[Zr]. The van der Waals surface area contributed by atoms with Gasteiger partial charge in [-0.25, -0.2) is 17.7 Å². The molecule has 0 amide bonds. The van der Waals surface area contributed by atoms with Crippen LogP contribution in [0.3, 0.4) is 0 Å². The number of benzene rings is 4. The van der Waals surface area contributed by atoms with Gasteiger partial charge in [-0.2, -0.15) is 95.5 Å². The van der Waals surface area contributed by atoms with Gasteiger partial charge in [-0.3, -0.25) is 12.2 Å². The molecule has 4 aromatic rings. The molecule has 5 heteroatoms. The molecular weight excluding hydrogens is 822 g/mol. The van der Waals surface area contributed by atoms with E-state index in [0.29, 0.717) is 0 Å². The molecule has 0 unspecified atom stereocenters. The van der Waals surface area contributed by atoms with E-state index in [1.807, 2.05) is 48.6 Å². The molecular formula is C49H54Cl4Zr-4. The Balaban J connectivity index is 0.000000356. The Morgan fingerprint density at radius 1 is 0.704 bits per heavy atom. The Bertz CT molecular complexity index is 1840. The maximum atomic E-state index is 5.51. The first-order chi connectivity index (χ1) is 24.4. The summed E-state index contributed by atoms with van der Waals surface area (Å²) < 4.78 is 3.34. The molecule has 0 saturated heterocycles. The van der Waals surface area contributed by atoms with Crippen molar-refractivity contribution in [2.75, 3.05) is 0 Å². The third-order valence-corrected chi connectivity index (χ3v) is 9.98. The van der Waals surface area contributed by atoms with E-state index in [9.17, 15) is 0 Å². The minimum atomic E-state index is -0.0202. The van der Waals surface area contributed by atoms with Crippen LogP contribution in [0.15, 0.2) is 97.1 Å². The molecule has 54 heavy (non-hydrogen) atoms. The Morgan fingerprint density at radius 2 is 1.22 bits per heavy atom. The maximum absolute atomic E-state index is 5.51. The van der Waals surface area contributed by atoms with Crippen LogP contribution in [0, 0.1) is 35.1 Å². The van der Waals surface area contributed by atoms with Crippen molar-refractivity contribution in [2.45, 2.75) is 92.9 Å². The average Bonchev–Trinajstić information content (AvgIpc) is 3.87. The van der Waals surface area contributed by atoms with Crippen LogP contribution < -0.4 is 0 Å². The van der Waals surface area contributed by atoms with E-state index in [0.717, 1.165) is 22.9 Å². The summed E-state index contributed by atoms with van der Waals surface area (Å²) in [5, 5.41) is 1.48. The zero-order chi connectivity index (χ0) is 38.5. The summed E-state index contributed by atoms with van der Waals surface area (Å²) in [5.74, 6) is 0. The van der Waals surface area contributed by atoms with Crippen LogP contribution in [0.5, 0.6) is 0 Å². The fraction of sp³-hybridized carbons (Fsp3) is 0.327. The number of rotatable bonds is 0. The van der Waals surface area contributed by atoms with Crippen LogP contribution in [0.2, 0.25) is 10.0 Å². The van der Waals surface area contributed by atoms with Crippen LogP contribution in [-0.2, 0) is 41.5 Å². The molecule has 0 saturated carbocycles. The summed E-state index contributed by atoms with van der Waals surface area (Å²) >= 11 is 12.3. The van der Waals surface area contributed by atoms with Crippen molar-refractivity contribution < 1.29 is 24.2 Å². The van der Waals surface area contributed by atoms with E-state index in [4.69, 9.17) is 23.2 Å². The summed E-state index contributed by atoms with van der Waals surface area (Å²) in [5.41, 5.74) is 14.9. The van der Waals surface area contributed by atoms with Crippen molar-refractivity contribution in [2.24, 2.45) is 10.8 Å². The predicted octanol–water partition coefficient (Wildman–Crippen LogP) is 14.9. The van der Waals surface area contributed by atoms with E-state index in [1.54, 1.807) is 12.1 Å². The normalized spacial score (nSPS) is 15.5. The van der Waals surface area contributed by atoms with Crippen molar-refractivity contribution in [3.8, 4) is 11.1 Å². The standard InChI is InChI=1S/C31H37.2C6H4Cl.C5H5.CH2.2ClH.Zr/c1-28(2,3)26-16-30(7,8)24-12-18-11-19-13-25-23(15-21(19)20(18)14-22(24)26)27(29(4,5)6)17-31(25,9)10;2*7-6-4-2-1-3-5-6;1-2-4-5-3-1;;;;/h12-16H,11H2,1-10H3;2*1-2,4-5H;1-3H,4H2;1H2;2*1H;/q4*-1;;;;. The summed E-state index contributed by atoms with van der Waals surface area (Å²) in [6.07, 6.45) is 17.4. The predicted molar refractivity (Wildman–Crippen MR) is 238 cm³/mol.